The molecule has 10 heteroatoms. The van der Waals surface area contributed by atoms with E-state index in [4.69, 9.17) is 9.47 Å². The summed E-state index contributed by atoms with van der Waals surface area (Å²) in [5, 5.41) is 6.13. The molecular formula is C16H24F3IN4O2. The zero-order chi connectivity index (χ0) is 18.3. The summed E-state index contributed by atoms with van der Waals surface area (Å²) in [6.07, 6.45) is -3.43. The lowest BCUT2D eigenvalue weighted by molar-refractivity contribution is -0.142. The number of hydrogen-bond acceptors (Lipinski definition) is 4. The van der Waals surface area contributed by atoms with Gasteiger partial charge in [-0.2, -0.15) is 13.2 Å². The quantitative estimate of drug-likeness (QED) is 0.351. The van der Waals surface area contributed by atoms with Crippen LogP contribution in [0.4, 0.5) is 13.2 Å². The summed E-state index contributed by atoms with van der Waals surface area (Å²) in [6.45, 7) is 0.595. The van der Waals surface area contributed by atoms with Crippen LogP contribution >= 0.6 is 24.0 Å². The van der Waals surface area contributed by atoms with Crippen molar-refractivity contribution in [1.29, 1.82) is 0 Å². The molecule has 1 aliphatic heterocycles. The average molecular weight is 488 g/mol. The number of guanidine groups is 1. The van der Waals surface area contributed by atoms with Crippen molar-refractivity contribution in [3.63, 3.8) is 0 Å². The molecule has 2 N–H and O–H groups in total. The lowest BCUT2D eigenvalue weighted by Crippen LogP contribution is -2.42. The zero-order valence-corrected chi connectivity index (χ0v) is 17.1. The second kappa shape index (κ2) is 10.7. The first-order valence-electron chi connectivity index (χ1n) is 7.96. The Bertz CT molecular complexity index is 599. The standard InChI is InChI=1S/C16H23F3N4O2.HI/c1-20-15(22-7-8-23(2)10-16(17,18)19)21-6-5-12-3-4-13-14(9-12)25-11-24-13;/h3-4,9H,5-8,10-11H2,1-2H3,(H2,20,21,22);1H. The van der Waals surface area contributed by atoms with Crippen LogP contribution in [0.5, 0.6) is 11.5 Å². The van der Waals surface area contributed by atoms with E-state index in [0.29, 0.717) is 19.0 Å². The molecule has 0 unspecified atom stereocenters. The molecule has 1 heterocycles. The van der Waals surface area contributed by atoms with E-state index in [1.807, 2.05) is 18.2 Å². The summed E-state index contributed by atoms with van der Waals surface area (Å²) in [5.41, 5.74) is 1.09. The molecule has 0 aliphatic carbocycles. The molecule has 0 saturated heterocycles. The van der Waals surface area contributed by atoms with Crippen LogP contribution in [0.15, 0.2) is 23.2 Å². The van der Waals surface area contributed by atoms with Gasteiger partial charge in [-0.05, 0) is 31.2 Å². The number of aliphatic imine (C=N–C) groups is 1. The van der Waals surface area contributed by atoms with Crippen LogP contribution in [0, 0.1) is 0 Å². The summed E-state index contributed by atoms with van der Waals surface area (Å²) in [6, 6.07) is 5.78. The fourth-order valence-electron chi connectivity index (χ4n) is 2.39. The van der Waals surface area contributed by atoms with Gasteiger partial charge >= 0.3 is 6.18 Å². The maximum absolute atomic E-state index is 12.3. The fourth-order valence-corrected chi connectivity index (χ4v) is 2.39. The Labute approximate surface area is 168 Å². The highest BCUT2D eigenvalue weighted by molar-refractivity contribution is 14.0. The summed E-state index contributed by atoms with van der Waals surface area (Å²) < 4.78 is 47.4. The summed E-state index contributed by atoms with van der Waals surface area (Å²) in [5.74, 6) is 2.05. The highest BCUT2D eigenvalue weighted by Gasteiger charge is 2.28. The molecule has 0 bridgehead atoms. The Balaban J connectivity index is 0.00000338. The number of nitrogens with zero attached hydrogens (tertiary/aromatic N) is 2. The van der Waals surface area contributed by atoms with Crippen molar-refractivity contribution >= 4 is 29.9 Å². The van der Waals surface area contributed by atoms with Crippen molar-refractivity contribution in [1.82, 2.24) is 15.5 Å². The number of likely N-dealkylation sites (N-methyl/N-ethyl adjacent to an activating group) is 1. The second-order valence-electron chi connectivity index (χ2n) is 5.72. The van der Waals surface area contributed by atoms with E-state index in [-0.39, 0.29) is 37.3 Å². The molecular weight excluding hydrogens is 464 g/mol. The summed E-state index contributed by atoms with van der Waals surface area (Å²) in [7, 11) is 3.06. The predicted molar refractivity (Wildman–Crippen MR) is 105 cm³/mol. The van der Waals surface area contributed by atoms with Gasteiger partial charge in [-0.1, -0.05) is 6.07 Å². The minimum absolute atomic E-state index is 0. The van der Waals surface area contributed by atoms with Gasteiger partial charge in [-0.25, -0.2) is 0 Å². The molecule has 0 atom stereocenters. The maximum atomic E-state index is 12.3. The van der Waals surface area contributed by atoms with Crippen molar-refractivity contribution in [3.8, 4) is 11.5 Å². The summed E-state index contributed by atoms with van der Waals surface area (Å²) in [4.78, 5) is 5.27. The first kappa shape index (κ1) is 22.6. The largest absolute Gasteiger partial charge is 0.454 e. The molecule has 0 radical (unpaired) electrons. The SMILES string of the molecule is CN=C(NCCc1ccc2c(c1)OCO2)NCCN(C)CC(F)(F)F.I. The highest BCUT2D eigenvalue weighted by atomic mass is 127. The van der Waals surface area contributed by atoms with E-state index in [1.165, 1.54) is 11.9 Å². The van der Waals surface area contributed by atoms with Gasteiger partial charge in [0.1, 0.15) is 0 Å². The van der Waals surface area contributed by atoms with Crippen molar-refractivity contribution in [2.24, 2.45) is 4.99 Å². The first-order chi connectivity index (χ1) is 11.9. The lowest BCUT2D eigenvalue weighted by atomic mass is 10.1. The Morgan fingerprint density at radius 2 is 1.88 bits per heavy atom. The molecule has 0 aromatic heterocycles. The van der Waals surface area contributed by atoms with Crippen molar-refractivity contribution in [3.05, 3.63) is 23.8 Å². The monoisotopic (exact) mass is 488 g/mol. The third-order valence-corrected chi connectivity index (χ3v) is 3.60. The Hall–Kier alpha value is -1.43. The molecule has 6 nitrogen and oxygen atoms in total. The highest BCUT2D eigenvalue weighted by Crippen LogP contribution is 2.32. The molecule has 148 valence electrons. The second-order valence-corrected chi connectivity index (χ2v) is 5.72. The normalized spacial score (nSPS) is 13.5. The Morgan fingerprint density at radius 1 is 1.19 bits per heavy atom. The van der Waals surface area contributed by atoms with E-state index >= 15 is 0 Å². The number of benzene rings is 1. The molecule has 26 heavy (non-hydrogen) atoms. The van der Waals surface area contributed by atoms with E-state index in [0.717, 1.165) is 23.5 Å². The third kappa shape index (κ3) is 7.85. The number of fused-ring (bicyclic) bond motifs is 1. The number of halogens is 4. The van der Waals surface area contributed by atoms with Crippen LogP contribution in [0.1, 0.15) is 5.56 Å². The van der Waals surface area contributed by atoms with Gasteiger partial charge in [0.2, 0.25) is 6.79 Å². The third-order valence-electron chi connectivity index (χ3n) is 3.60. The van der Waals surface area contributed by atoms with Gasteiger partial charge in [0.05, 0.1) is 6.54 Å². The predicted octanol–water partition coefficient (Wildman–Crippen LogP) is 2.23. The number of hydrogen-bond donors (Lipinski definition) is 2. The number of nitrogens with one attached hydrogen (secondary N) is 2. The van der Waals surface area contributed by atoms with E-state index in [9.17, 15) is 13.2 Å². The van der Waals surface area contributed by atoms with Crippen molar-refractivity contribution < 1.29 is 22.6 Å². The van der Waals surface area contributed by atoms with Crippen LogP contribution < -0.4 is 20.1 Å². The minimum atomic E-state index is -4.18. The Kier molecular flexibility index (Phi) is 9.27. The van der Waals surface area contributed by atoms with Gasteiger partial charge < -0.3 is 20.1 Å². The van der Waals surface area contributed by atoms with E-state index < -0.39 is 12.7 Å². The maximum Gasteiger partial charge on any atom is 0.401 e. The molecule has 0 saturated carbocycles. The first-order valence-corrected chi connectivity index (χ1v) is 7.96. The summed E-state index contributed by atoms with van der Waals surface area (Å²) >= 11 is 0. The van der Waals surface area contributed by atoms with Gasteiger partial charge in [0.25, 0.3) is 0 Å². The van der Waals surface area contributed by atoms with Gasteiger partial charge in [-0.15, -0.1) is 24.0 Å². The number of rotatable bonds is 7. The fraction of sp³-hybridized carbons (Fsp3) is 0.562. The number of ether oxygens (including phenoxy) is 2. The molecule has 0 spiro atoms. The van der Waals surface area contributed by atoms with Crippen molar-refractivity contribution in [2.75, 3.05) is 47.1 Å². The molecule has 0 amide bonds. The van der Waals surface area contributed by atoms with Crippen molar-refractivity contribution in [2.45, 2.75) is 12.6 Å². The van der Waals surface area contributed by atoms with E-state index in [1.54, 1.807) is 7.05 Å². The number of alkyl halides is 3. The average Bonchev–Trinajstić information content (AvgIpc) is 2.99. The molecule has 2 rings (SSSR count). The molecule has 0 fully saturated rings. The molecule has 1 aromatic rings. The molecule has 1 aromatic carbocycles. The van der Waals surface area contributed by atoms with Crippen LogP contribution in [0.2, 0.25) is 0 Å². The molecule has 1 aliphatic rings. The van der Waals surface area contributed by atoms with Gasteiger partial charge in [0, 0.05) is 26.7 Å². The van der Waals surface area contributed by atoms with Gasteiger partial charge in [-0.3, -0.25) is 9.89 Å². The van der Waals surface area contributed by atoms with Crippen LogP contribution in [0.3, 0.4) is 0 Å². The minimum Gasteiger partial charge on any atom is -0.454 e. The van der Waals surface area contributed by atoms with Crippen LogP contribution in [0.25, 0.3) is 0 Å². The Morgan fingerprint density at radius 3 is 2.58 bits per heavy atom. The van der Waals surface area contributed by atoms with Crippen LogP contribution in [-0.4, -0.2) is 64.1 Å². The van der Waals surface area contributed by atoms with E-state index in [2.05, 4.69) is 15.6 Å². The lowest BCUT2D eigenvalue weighted by Gasteiger charge is -2.19. The van der Waals surface area contributed by atoms with Gasteiger partial charge in [0.15, 0.2) is 17.5 Å². The van der Waals surface area contributed by atoms with Crippen LogP contribution in [-0.2, 0) is 6.42 Å². The smallest absolute Gasteiger partial charge is 0.401 e. The zero-order valence-electron chi connectivity index (χ0n) is 14.7. The topological polar surface area (TPSA) is 58.1 Å².